The highest BCUT2D eigenvalue weighted by Crippen LogP contribution is 2.55. The van der Waals surface area contributed by atoms with Crippen LogP contribution in [-0.2, 0) is 18.2 Å². The molecule has 0 aliphatic rings. The highest BCUT2D eigenvalue weighted by Gasteiger charge is 2.38. The molecule has 112 valence electrons. The number of hydrogen-bond donors (Lipinski definition) is 2. The Morgan fingerprint density at radius 3 is 1.74 bits per heavy atom. The van der Waals surface area contributed by atoms with Crippen LogP contribution in [0.25, 0.3) is 0 Å². The van der Waals surface area contributed by atoms with Crippen molar-refractivity contribution in [2.75, 3.05) is 12.3 Å². The van der Waals surface area contributed by atoms with Gasteiger partial charge < -0.3 is 18.8 Å². The first kappa shape index (κ1) is 18.5. The summed E-state index contributed by atoms with van der Waals surface area (Å²) in [7, 11) is -7.67. The maximum absolute atomic E-state index is 12.4. The summed E-state index contributed by atoms with van der Waals surface area (Å²) >= 11 is 0. The Hall–Kier alpha value is -0.540. The zero-order valence-electron chi connectivity index (χ0n) is 11.6. The van der Waals surface area contributed by atoms with Crippen LogP contribution in [0.5, 0.6) is 0 Å². The van der Waals surface area contributed by atoms with Crippen LogP contribution in [-0.4, -0.2) is 22.1 Å². The second-order valence-corrected chi connectivity index (χ2v) is 8.51. The minimum atomic E-state index is -4.19. The van der Waals surface area contributed by atoms with Gasteiger partial charge in [0.25, 0.3) is 0 Å². The van der Waals surface area contributed by atoms with E-state index < -0.39 is 20.6 Å². The van der Waals surface area contributed by atoms with E-state index in [4.69, 9.17) is 18.8 Å². The highest BCUT2D eigenvalue weighted by molar-refractivity contribution is 7.54. The Morgan fingerprint density at radius 1 is 1.00 bits per heavy atom. The first-order chi connectivity index (χ1) is 8.54. The Kier molecular flexibility index (Phi) is 7.09. The molecule has 0 aliphatic carbocycles. The van der Waals surface area contributed by atoms with Crippen LogP contribution in [0.4, 0.5) is 0 Å². The van der Waals surface area contributed by atoms with Gasteiger partial charge >= 0.3 is 15.2 Å². The molecule has 0 aromatic rings. The van der Waals surface area contributed by atoms with Crippen LogP contribution in [0, 0.1) is 5.41 Å². The zero-order chi connectivity index (χ0) is 15.2. The Labute approximate surface area is 114 Å². The molecule has 0 radical (unpaired) electrons. The third kappa shape index (κ3) is 9.06. The van der Waals surface area contributed by atoms with Gasteiger partial charge in [-0.1, -0.05) is 26.0 Å². The number of allylic oxidation sites excluding steroid dienone is 2. The monoisotopic (exact) mass is 312 g/mol. The number of hydrogen-bond acceptors (Lipinski definition) is 4. The lowest BCUT2D eigenvalue weighted by Gasteiger charge is -2.28. The zero-order valence-corrected chi connectivity index (χ0v) is 13.4. The molecule has 8 heteroatoms. The van der Waals surface area contributed by atoms with E-state index in [1.54, 1.807) is 39.8 Å². The van der Waals surface area contributed by atoms with Crippen LogP contribution in [0.3, 0.4) is 0 Å². The average molecular weight is 312 g/mol. The van der Waals surface area contributed by atoms with E-state index in [0.29, 0.717) is 0 Å². The first-order valence-electron chi connectivity index (χ1n) is 5.76. The van der Waals surface area contributed by atoms with Crippen LogP contribution < -0.4 is 0 Å². The largest absolute Gasteiger partial charge is 0.430 e. The van der Waals surface area contributed by atoms with Gasteiger partial charge in [0.05, 0.1) is 24.8 Å². The van der Waals surface area contributed by atoms with Crippen LogP contribution in [0.1, 0.15) is 27.7 Å². The molecule has 0 amide bonds. The Balaban J connectivity index is 4.99. The predicted octanol–water partition coefficient (Wildman–Crippen LogP) is 3.48. The van der Waals surface area contributed by atoms with Crippen LogP contribution in [0.2, 0.25) is 0 Å². The fourth-order valence-corrected chi connectivity index (χ4v) is 4.92. The molecule has 0 rings (SSSR count). The second-order valence-electron chi connectivity index (χ2n) is 4.91. The summed E-state index contributed by atoms with van der Waals surface area (Å²) in [6.07, 6.45) is 5.13. The molecule has 0 bridgehead atoms. The molecule has 0 spiro atoms. The lowest BCUT2D eigenvalue weighted by molar-refractivity contribution is 0.298. The van der Waals surface area contributed by atoms with Gasteiger partial charge in [-0.25, -0.2) is 4.57 Å². The molecule has 0 saturated heterocycles. The van der Waals surface area contributed by atoms with Crippen molar-refractivity contribution >= 4 is 15.2 Å². The smallest absolute Gasteiger partial charge is 0.424 e. The third-order valence-electron chi connectivity index (χ3n) is 1.97. The minimum Gasteiger partial charge on any atom is -0.424 e. The van der Waals surface area contributed by atoms with E-state index in [9.17, 15) is 9.13 Å². The van der Waals surface area contributed by atoms with Gasteiger partial charge in [-0.3, -0.25) is 4.57 Å². The van der Waals surface area contributed by atoms with Crippen LogP contribution in [0.15, 0.2) is 24.7 Å². The van der Waals surface area contributed by atoms with Gasteiger partial charge in [-0.15, -0.1) is 0 Å². The van der Waals surface area contributed by atoms with E-state index in [1.165, 1.54) is 12.5 Å². The molecule has 6 nitrogen and oxygen atoms in total. The molecule has 2 N–H and O–H groups in total. The van der Waals surface area contributed by atoms with Crippen molar-refractivity contribution in [1.82, 2.24) is 0 Å². The summed E-state index contributed by atoms with van der Waals surface area (Å²) in [6, 6.07) is 0. The van der Waals surface area contributed by atoms with E-state index in [1.807, 2.05) is 0 Å². The second kappa shape index (κ2) is 7.30. The molecular formula is C11H22O6P2. The molecule has 0 aliphatic heterocycles. The van der Waals surface area contributed by atoms with Crippen molar-refractivity contribution in [3.63, 3.8) is 0 Å². The quantitative estimate of drug-likeness (QED) is 0.526. The fourth-order valence-electron chi connectivity index (χ4n) is 1.54. The fraction of sp³-hybridized carbons (Fsp3) is 0.636. The first-order valence-corrected chi connectivity index (χ1v) is 9.29. The molecule has 0 atom stereocenters. The normalized spacial score (nSPS) is 16.7. The molecule has 19 heavy (non-hydrogen) atoms. The molecule has 0 saturated carbocycles. The molecule has 0 unspecified atom stereocenters. The maximum Gasteiger partial charge on any atom is 0.430 e. The topological polar surface area (TPSA) is 93.1 Å². The van der Waals surface area contributed by atoms with Crippen molar-refractivity contribution in [2.24, 2.45) is 5.41 Å². The van der Waals surface area contributed by atoms with E-state index in [-0.39, 0.29) is 12.3 Å². The van der Waals surface area contributed by atoms with E-state index >= 15 is 0 Å². The average Bonchev–Trinajstić information content (AvgIpc) is 2.19. The Bertz CT molecular complexity index is 403. The summed E-state index contributed by atoms with van der Waals surface area (Å²) in [4.78, 5) is 18.0. The lowest BCUT2D eigenvalue weighted by Crippen LogP contribution is -2.22. The van der Waals surface area contributed by atoms with Crippen molar-refractivity contribution in [3.05, 3.63) is 24.7 Å². The maximum atomic E-state index is 12.4. The van der Waals surface area contributed by atoms with Gasteiger partial charge in [0.2, 0.25) is 0 Å². The SMILES string of the molecule is CC=COP(=O)(CC(C)(C)CP(=O)(O)O)OC=CC. The lowest BCUT2D eigenvalue weighted by atomic mass is 10.0. The molecule has 0 aromatic heterocycles. The molecule has 0 aromatic carbocycles. The van der Waals surface area contributed by atoms with Gasteiger partial charge in [-0.2, -0.15) is 0 Å². The summed E-state index contributed by atoms with van der Waals surface area (Å²) in [5.74, 6) is 0. The minimum absolute atomic E-state index is 0.0974. The third-order valence-corrected chi connectivity index (χ3v) is 5.37. The molecule has 0 heterocycles. The Morgan fingerprint density at radius 2 is 1.42 bits per heavy atom. The summed E-state index contributed by atoms with van der Waals surface area (Å²) in [6.45, 7) is 6.61. The number of rotatable bonds is 8. The van der Waals surface area contributed by atoms with E-state index in [0.717, 1.165) is 0 Å². The molecular weight excluding hydrogens is 290 g/mol. The van der Waals surface area contributed by atoms with Gasteiger partial charge in [0.1, 0.15) is 0 Å². The van der Waals surface area contributed by atoms with Gasteiger partial charge in [0.15, 0.2) is 0 Å². The van der Waals surface area contributed by atoms with Crippen molar-refractivity contribution < 1.29 is 28.0 Å². The molecule has 0 fully saturated rings. The van der Waals surface area contributed by atoms with Gasteiger partial charge in [-0.05, 0) is 19.3 Å². The standard InChI is InChI=1S/C11H22O6P2/c1-5-7-16-19(15,17-8-6-2)10-11(3,4)9-18(12,13)14/h5-8H,9-10H2,1-4H3,(H2,12,13,14). The van der Waals surface area contributed by atoms with E-state index in [2.05, 4.69) is 0 Å². The summed E-state index contributed by atoms with van der Waals surface area (Å²) in [5, 5.41) is 0. The predicted molar refractivity (Wildman–Crippen MR) is 75.0 cm³/mol. The highest BCUT2D eigenvalue weighted by atomic mass is 31.2. The van der Waals surface area contributed by atoms with Crippen LogP contribution >= 0.6 is 15.2 Å². The summed E-state index contributed by atoms with van der Waals surface area (Å²) < 4.78 is 33.6. The van der Waals surface area contributed by atoms with Crippen molar-refractivity contribution in [1.29, 1.82) is 0 Å². The van der Waals surface area contributed by atoms with Crippen molar-refractivity contribution in [3.8, 4) is 0 Å². The van der Waals surface area contributed by atoms with Gasteiger partial charge in [0, 0.05) is 0 Å². The summed E-state index contributed by atoms with van der Waals surface area (Å²) in [5.41, 5.74) is -0.877. The van der Waals surface area contributed by atoms with Crippen molar-refractivity contribution in [2.45, 2.75) is 27.7 Å².